The van der Waals surface area contributed by atoms with Crippen LogP contribution in [0.15, 0.2) is 23.4 Å². The largest absolute Gasteiger partial charge is 0.417 e. The van der Waals surface area contributed by atoms with E-state index in [-0.39, 0.29) is 0 Å². The first kappa shape index (κ1) is 17.3. The smallest absolute Gasteiger partial charge is 0.316 e. The molecule has 0 atom stereocenters. The number of hydrogen-bond acceptors (Lipinski definition) is 3. The fourth-order valence-electron chi connectivity index (χ4n) is 1.45. The van der Waals surface area contributed by atoms with E-state index in [9.17, 15) is 13.2 Å². The van der Waals surface area contributed by atoms with Crippen molar-refractivity contribution in [3.8, 4) is 0 Å². The standard InChI is InChI=1S/C14H21F3N2S/c1-13(2,3)6-7-18-8-9-20-12-5-4-11(10-19-12)14(15,16)17/h4-5,10,18H,6-9H2,1-3H3. The molecule has 114 valence electrons. The van der Waals surface area contributed by atoms with E-state index in [1.807, 2.05) is 0 Å². The quantitative estimate of drug-likeness (QED) is 0.629. The number of hydrogen-bond donors (Lipinski definition) is 1. The van der Waals surface area contributed by atoms with Crippen LogP contribution in [0.25, 0.3) is 0 Å². The number of pyridine rings is 1. The van der Waals surface area contributed by atoms with Gasteiger partial charge in [-0.1, -0.05) is 20.8 Å². The van der Waals surface area contributed by atoms with Crippen molar-refractivity contribution in [1.82, 2.24) is 10.3 Å². The Morgan fingerprint density at radius 3 is 2.35 bits per heavy atom. The highest BCUT2D eigenvalue weighted by Gasteiger charge is 2.30. The molecule has 0 aliphatic heterocycles. The van der Waals surface area contributed by atoms with Crippen molar-refractivity contribution < 1.29 is 13.2 Å². The van der Waals surface area contributed by atoms with Gasteiger partial charge in [0.05, 0.1) is 10.6 Å². The van der Waals surface area contributed by atoms with Gasteiger partial charge in [-0.2, -0.15) is 13.2 Å². The first-order valence-corrected chi connectivity index (χ1v) is 7.54. The van der Waals surface area contributed by atoms with Crippen LogP contribution >= 0.6 is 11.8 Å². The number of aromatic nitrogens is 1. The van der Waals surface area contributed by atoms with Gasteiger partial charge in [-0.25, -0.2) is 4.98 Å². The summed E-state index contributed by atoms with van der Waals surface area (Å²) in [5, 5.41) is 3.94. The average Bonchev–Trinajstić information content (AvgIpc) is 2.32. The molecule has 1 heterocycles. The maximum atomic E-state index is 12.4. The van der Waals surface area contributed by atoms with Gasteiger partial charge in [0.1, 0.15) is 0 Å². The van der Waals surface area contributed by atoms with Gasteiger partial charge < -0.3 is 5.32 Å². The van der Waals surface area contributed by atoms with Gasteiger partial charge in [0.15, 0.2) is 0 Å². The van der Waals surface area contributed by atoms with Crippen molar-refractivity contribution in [2.75, 3.05) is 18.8 Å². The monoisotopic (exact) mass is 306 g/mol. The number of alkyl halides is 3. The lowest BCUT2D eigenvalue weighted by molar-refractivity contribution is -0.137. The molecule has 20 heavy (non-hydrogen) atoms. The van der Waals surface area contributed by atoms with E-state index in [1.54, 1.807) is 0 Å². The van der Waals surface area contributed by atoms with Gasteiger partial charge in [-0.15, -0.1) is 11.8 Å². The second kappa shape index (κ2) is 7.31. The minimum atomic E-state index is -4.31. The van der Waals surface area contributed by atoms with E-state index in [4.69, 9.17) is 0 Å². The Labute approximate surface area is 122 Å². The summed E-state index contributed by atoms with van der Waals surface area (Å²) in [4.78, 5) is 3.82. The van der Waals surface area contributed by atoms with Crippen LogP contribution in [0.1, 0.15) is 32.8 Å². The molecule has 0 amide bonds. The second-order valence-corrected chi connectivity index (χ2v) is 6.91. The molecule has 0 saturated carbocycles. The molecule has 1 N–H and O–H groups in total. The maximum absolute atomic E-state index is 12.4. The lowest BCUT2D eigenvalue weighted by Crippen LogP contribution is -2.22. The highest BCUT2D eigenvalue weighted by Crippen LogP contribution is 2.29. The first-order chi connectivity index (χ1) is 9.18. The molecular weight excluding hydrogens is 285 g/mol. The van der Waals surface area contributed by atoms with Crippen molar-refractivity contribution in [3.63, 3.8) is 0 Å². The lowest BCUT2D eigenvalue weighted by atomic mass is 9.92. The highest BCUT2D eigenvalue weighted by molar-refractivity contribution is 7.99. The molecule has 1 aromatic rings. The van der Waals surface area contributed by atoms with Crippen LogP contribution in [0.4, 0.5) is 13.2 Å². The van der Waals surface area contributed by atoms with Crippen molar-refractivity contribution in [2.24, 2.45) is 5.41 Å². The van der Waals surface area contributed by atoms with E-state index >= 15 is 0 Å². The van der Waals surface area contributed by atoms with Crippen molar-refractivity contribution >= 4 is 11.8 Å². The number of nitrogens with one attached hydrogen (secondary N) is 1. The van der Waals surface area contributed by atoms with E-state index < -0.39 is 11.7 Å². The summed E-state index contributed by atoms with van der Waals surface area (Å²) >= 11 is 1.46. The first-order valence-electron chi connectivity index (χ1n) is 6.55. The van der Waals surface area contributed by atoms with Crippen molar-refractivity contribution in [3.05, 3.63) is 23.9 Å². The zero-order valence-electron chi connectivity index (χ0n) is 12.0. The van der Waals surface area contributed by atoms with E-state index in [0.717, 1.165) is 37.5 Å². The molecule has 0 unspecified atom stereocenters. The van der Waals surface area contributed by atoms with Gasteiger partial charge in [0, 0.05) is 18.5 Å². The topological polar surface area (TPSA) is 24.9 Å². The molecule has 0 aliphatic carbocycles. The molecule has 1 aromatic heterocycles. The SMILES string of the molecule is CC(C)(C)CCNCCSc1ccc(C(F)(F)F)cn1. The van der Waals surface area contributed by atoms with Crippen LogP contribution in [0.3, 0.4) is 0 Å². The van der Waals surface area contributed by atoms with E-state index in [2.05, 4.69) is 31.1 Å². The van der Waals surface area contributed by atoms with Crippen molar-refractivity contribution in [1.29, 1.82) is 0 Å². The zero-order chi connectivity index (χ0) is 15.2. The predicted octanol–water partition coefficient (Wildman–Crippen LogP) is 4.22. The Morgan fingerprint density at radius 2 is 1.85 bits per heavy atom. The number of rotatable bonds is 6. The highest BCUT2D eigenvalue weighted by atomic mass is 32.2. The summed E-state index contributed by atoms with van der Waals surface area (Å²) in [6.07, 6.45) is -2.34. The molecular formula is C14H21F3N2S. The molecule has 1 rings (SSSR count). The molecule has 0 saturated heterocycles. The van der Waals surface area contributed by atoms with Crippen LogP contribution in [0.2, 0.25) is 0 Å². The predicted molar refractivity (Wildman–Crippen MR) is 76.9 cm³/mol. The minimum absolute atomic E-state index is 0.315. The summed E-state index contributed by atoms with van der Waals surface area (Å²) in [6.45, 7) is 8.34. The molecule has 0 fully saturated rings. The Bertz CT molecular complexity index is 396. The van der Waals surface area contributed by atoms with Gasteiger partial charge in [-0.05, 0) is 30.5 Å². The normalized spacial score (nSPS) is 12.7. The number of thioether (sulfide) groups is 1. The molecule has 0 aliphatic rings. The molecule has 2 nitrogen and oxygen atoms in total. The minimum Gasteiger partial charge on any atom is -0.316 e. The van der Waals surface area contributed by atoms with E-state index in [1.165, 1.54) is 17.8 Å². The third-order valence-corrected chi connectivity index (χ3v) is 3.59. The Balaban J connectivity index is 2.23. The summed E-state index contributed by atoms with van der Waals surface area (Å²) in [5.41, 5.74) is -0.389. The summed E-state index contributed by atoms with van der Waals surface area (Å²) in [7, 11) is 0. The average molecular weight is 306 g/mol. The Kier molecular flexibility index (Phi) is 6.33. The zero-order valence-corrected chi connectivity index (χ0v) is 12.9. The Hall–Kier alpha value is -0.750. The fourth-order valence-corrected chi connectivity index (χ4v) is 2.20. The Morgan fingerprint density at radius 1 is 1.15 bits per heavy atom. The van der Waals surface area contributed by atoms with Crippen molar-refractivity contribution in [2.45, 2.75) is 38.4 Å². The summed E-state index contributed by atoms with van der Waals surface area (Å²) < 4.78 is 37.1. The van der Waals surface area contributed by atoms with Gasteiger partial charge in [0.25, 0.3) is 0 Å². The lowest BCUT2D eigenvalue weighted by Gasteiger charge is -2.17. The van der Waals surface area contributed by atoms with Crippen LogP contribution in [0.5, 0.6) is 0 Å². The third kappa shape index (κ3) is 7.14. The van der Waals surface area contributed by atoms with Gasteiger partial charge in [-0.3, -0.25) is 0 Å². The molecule has 6 heteroatoms. The van der Waals surface area contributed by atoms with Crippen LogP contribution in [-0.2, 0) is 6.18 Å². The maximum Gasteiger partial charge on any atom is 0.417 e. The van der Waals surface area contributed by atoms with Crippen LogP contribution in [-0.4, -0.2) is 23.8 Å². The molecule has 0 aromatic carbocycles. The summed E-state index contributed by atoms with van der Waals surface area (Å²) in [6, 6.07) is 2.49. The van der Waals surface area contributed by atoms with Gasteiger partial charge >= 0.3 is 6.18 Å². The molecule has 0 bridgehead atoms. The fraction of sp³-hybridized carbons (Fsp3) is 0.643. The number of nitrogens with zero attached hydrogens (tertiary/aromatic N) is 1. The molecule has 0 spiro atoms. The third-order valence-electron chi connectivity index (χ3n) is 2.64. The van der Waals surface area contributed by atoms with Crippen LogP contribution in [0, 0.1) is 5.41 Å². The van der Waals surface area contributed by atoms with E-state index in [0.29, 0.717) is 10.4 Å². The molecule has 0 radical (unpaired) electrons. The number of halogens is 3. The van der Waals surface area contributed by atoms with Crippen LogP contribution < -0.4 is 5.32 Å². The van der Waals surface area contributed by atoms with Gasteiger partial charge in [0.2, 0.25) is 0 Å². The second-order valence-electron chi connectivity index (χ2n) is 5.79. The summed E-state index contributed by atoms with van der Waals surface area (Å²) in [5.74, 6) is 0.794.